The van der Waals surface area contributed by atoms with Crippen molar-refractivity contribution in [3.8, 4) is 16.9 Å². The molecular weight excluding hydrogens is 368 g/mol. The third-order valence-electron chi connectivity index (χ3n) is 5.98. The Labute approximate surface area is 169 Å². The molecule has 0 atom stereocenters. The number of rotatable bonds is 3. The zero-order chi connectivity index (χ0) is 19.1. The van der Waals surface area contributed by atoms with Gasteiger partial charge in [-0.25, -0.2) is 4.68 Å². The van der Waals surface area contributed by atoms with Crippen LogP contribution in [0.25, 0.3) is 16.9 Å². The molecule has 6 heteroatoms. The highest BCUT2D eigenvalue weighted by Gasteiger charge is 2.32. The van der Waals surface area contributed by atoms with Crippen LogP contribution in [0.2, 0.25) is 0 Å². The summed E-state index contributed by atoms with van der Waals surface area (Å²) < 4.78 is 1.98. The van der Waals surface area contributed by atoms with Crippen LogP contribution in [-0.2, 0) is 12.8 Å². The first-order valence-corrected chi connectivity index (χ1v) is 10.8. The third-order valence-corrected chi connectivity index (χ3v) is 6.96. The lowest BCUT2D eigenvalue weighted by Gasteiger charge is -2.31. The summed E-state index contributed by atoms with van der Waals surface area (Å²) in [6.45, 7) is 1.59. The van der Waals surface area contributed by atoms with Crippen molar-refractivity contribution >= 4 is 17.2 Å². The predicted octanol–water partition coefficient (Wildman–Crippen LogP) is 3.52. The molecule has 0 spiro atoms. The van der Waals surface area contributed by atoms with Gasteiger partial charge in [0.25, 0.3) is 5.91 Å². The Morgan fingerprint density at radius 2 is 1.93 bits per heavy atom. The van der Waals surface area contributed by atoms with Gasteiger partial charge in [-0.3, -0.25) is 4.79 Å². The second-order valence-electron chi connectivity index (χ2n) is 7.54. The average molecular weight is 393 g/mol. The van der Waals surface area contributed by atoms with Gasteiger partial charge in [0.05, 0.1) is 11.4 Å². The van der Waals surface area contributed by atoms with Crippen LogP contribution in [-0.4, -0.2) is 46.8 Å². The minimum Gasteiger partial charge on any atom is -0.337 e. The van der Waals surface area contributed by atoms with E-state index in [-0.39, 0.29) is 5.91 Å². The van der Waals surface area contributed by atoms with Gasteiger partial charge in [-0.15, -0.1) is 11.3 Å². The number of hydrogen-bond donors (Lipinski definition) is 1. The minimum absolute atomic E-state index is 0.0826. The minimum atomic E-state index is 0.0826. The molecule has 5 rings (SSSR count). The molecule has 1 aliphatic carbocycles. The number of aromatic nitrogens is 2. The van der Waals surface area contributed by atoms with Crippen molar-refractivity contribution in [3.05, 3.63) is 57.9 Å². The van der Waals surface area contributed by atoms with Gasteiger partial charge in [-0.2, -0.15) is 5.10 Å². The number of amides is 1. The molecule has 1 fully saturated rings. The summed E-state index contributed by atoms with van der Waals surface area (Å²) in [4.78, 5) is 16.8. The maximum absolute atomic E-state index is 13.4. The van der Waals surface area contributed by atoms with E-state index in [4.69, 9.17) is 5.10 Å². The topological polar surface area (TPSA) is 50.2 Å². The Bertz CT molecular complexity index is 999. The van der Waals surface area contributed by atoms with E-state index in [2.05, 4.69) is 28.9 Å². The Morgan fingerprint density at radius 1 is 1.14 bits per heavy atom. The summed E-state index contributed by atoms with van der Waals surface area (Å²) >= 11 is 1.80. The van der Waals surface area contributed by atoms with E-state index in [1.165, 1.54) is 10.4 Å². The van der Waals surface area contributed by atoms with E-state index < -0.39 is 0 Å². The Hall–Kier alpha value is -2.44. The number of piperidine rings is 1. The van der Waals surface area contributed by atoms with Crippen LogP contribution in [0.4, 0.5) is 0 Å². The third kappa shape index (κ3) is 2.88. The number of benzene rings is 1. The lowest BCUT2D eigenvalue weighted by atomic mass is 9.94. The van der Waals surface area contributed by atoms with Crippen LogP contribution in [0.1, 0.15) is 33.8 Å². The van der Waals surface area contributed by atoms with Crippen molar-refractivity contribution in [2.45, 2.75) is 31.7 Å². The summed E-state index contributed by atoms with van der Waals surface area (Å²) in [5.41, 5.74) is 5.08. The van der Waals surface area contributed by atoms with E-state index in [0.29, 0.717) is 11.7 Å². The van der Waals surface area contributed by atoms with Gasteiger partial charge >= 0.3 is 0 Å². The van der Waals surface area contributed by atoms with Crippen molar-refractivity contribution in [2.75, 3.05) is 20.1 Å². The standard InChI is InChI=1S/C22H24N4OS/c1-23-15-9-12-25(13-10-15)22(27)20-18-7-8-19-17(11-14-28-19)21(18)26(24-20)16-5-3-2-4-6-16/h2-6,11,14-15,23H,7-10,12-13H2,1H3. The molecule has 1 amide bonds. The molecule has 2 aliphatic rings. The quantitative estimate of drug-likeness (QED) is 0.742. The fourth-order valence-corrected chi connectivity index (χ4v) is 5.28. The van der Waals surface area contributed by atoms with Gasteiger partial charge in [0.1, 0.15) is 0 Å². The van der Waals surface area contributed by atoms with Crippen LogP contribution < -0.4 is 5.32 Å². The molecule has 5 nitrogen and oxygen atoms in total. The lowest BCUT2D eigenvalue weighted by molar-refractivity contribution is 0.0700. The zero-order valence-electron chi connectivity index (χ0n) is 16.0. The van der Waals surface area contributed by atoms with Gasteiger partial charge in [0.2, 0.25) is 0 Å². The first-order chi connectivity index (χ1) is 13.8. The monoisotopic (exact) mass is 392 g/mol. The SMILES string of the molecule is CNC1CCN(C(=O)c2nn(-c3ccccc3)c3c2CCc2sccc2-3)CC1. The maximum Gasteiger partial charge on any atom is 0.274 e. The zero-order valence-corrected chi connectivity index (χ0v) is 16.8. The number of carbonyl (C=O) groups is 1. The number of para-hydroxylation sites is 1. The van der Waals surface area contributed by atoms with Gasteiger partial charge in [-0.05, 0) is 56.3 Å². The van der Waals surface area contributed by atoms with E-state index >= 15 is 0 Å². The molecule has 0 unspecified atom stereocenters. The molecule has 3 heterocycles. The van der Waals surface area contributed by atoms with Crippen molar-refractivity contribution in [2.24, 2.45) is 0 Å². The molecule has 3 aromatic rings. The van der Waals surface area contributed by atoms with Gasteiger partial charge < -0.3 is 10.2 Å². The molecule has 144 valence electrons. The Morgan fingerprint density at radius 3 is 2.68 bits per heavy atom. The molecule has 0 radical (unpaired) electrons. The highest BCUT2D eigenvalue weighted by molar-refractivity contribution is 7.10. The summed E-state index contributed by atoms with van der Waals surface area (Å²) in [6, 6.07) is 12.8. The van der Waals surface area contributed by atoms with Crippen molar-refractivity contribution in [3.63, 3.8) is 0 Å². The van der Waals surface area contributed by atoms with Crippen molar-refractivity contribution in [1.82, 2.24) is 20.0 Å². The van der Waals surface area contributed by atoms with Crippen LogP contribution in [0.3, 0.4) is 0 Å². The number of aryl methyl sites for hydroxylation is 1. The summed E-state index contributed by atoms with van der Waals surface area (Å²) in [6.07, 6.45) is 3.86. The average Bonchev–Trinajstić information content (AvgIpc) is 3.38. The molecule has 1 saturated heterocycles. The summed E-state index contributed by atoms with van der Waals surface area (Å²) in [7, 11) is 2.00. The second-order valence-corrected chi connectivity index (χ2v) is 8.54. The highest BCUT2D eigenvalue weighted by atomic mass is 32.1. The van der Waals surface area contributed by atoms with E-state index in [1.54, 1.807) is 11.3 Å². The van der Waals surface area contributed by atoms with Gasteiger partial charge in [0, 0.05) is 35.1 Å². The van der Waals surface area contributed by atoms with Crippen LogP contribution in [0.15, 0.2) is 41.8 Å². The van der Waals surface area contributed by atoms with Gasteiger partial charge in [-0.1, -0.05) is 18.2 Å². The number of fused-ring (bicyclic) bond motifs is 3. The second kappa shape index (κ2) is 7.18. The number of likely N-dealkylation sites (tertiary alicyclic amines) is 1. The van der Waals surface area contributed by atoms with Crippen molar-refractivity contribution in [1.29, 1.82) is 0 Å². The molecule has 0 bridgehead atoms. The van der Waals surface area contributed by atoms with Gasteiger partial charge in [0.15, 0.2) is 5.69 Å². The summed E-state index contributed by atoms with van der Waals surface area (Å²) in [5.74, 6) is 0.0826. The summed E-state index contributed by atoms with van der Waals surface area (Å²) in [5, 5.41) is 10.3. The number of thiophene rings is 1. The molecule has 28 heavy (non-hydrogen) atoms. The number of carbonyl (C=O) groups excluding carboxylic acids is 1. The van der Waals surface area contributed by atoms with Crippen LogP contribution in [0, 0.1) is 0 Å². The number of nitrogens with zero attached hydrogens (tertiary/aromatic N) is 3. The number of hydrogen-bond acceptors (Lipinski definition) is 4. The number of nitrogens with one attached hydrogen (secondary N) is 1. The molecular formula is C22H24N4OS. The van der Waals surface area contributed by atoms with Crippen LogP contribution >= 0.6 is 11.3 Å². The van der Waals surface area contributed by atoms with E-state index in [9.17, 15) is 4.79 Å². The van der Waals surface area contributed by atoms with Crippen molar-refractivity contribution < 1.29 is 4.79 Å². The smallest absolute Gasteiger partial charge is 0.274 e. The largest absolute Gasteiger partial charge is 0.337 e. The Kier molecular flexibility index (Phi) is 4.53. The molecule has 1 N–H and O–H groups in total. The molecule has 2 aromatic heterocycles. The van der Waals surface area contributed by atoms with E-state index in [0.717, 1.165) is 55.7 Å². The molecule has 1 aromatic carbocycles. The molecule has 0 saturated carbocycles. The Balaban J connectivity index is 1.58. The van der Waals surface area contributed by atoms with E-state index in [1.807, 2.05) is 34.8 Å². The maximum atomic E-state index is 13.4. The lowest BCUT2D eigenvalue weighted by Crippen LogP contribution is -2.44. The fourth-order valence-electron chi connectivity index (χ4n) is 4.40. The van der Waals surface area contributed by atoms with Crippen LogP contribution in [0.5, 0.6) is 0 Å². The highest BCUT2D eigenvalue weighted by Crippen LogP contribution is 2.39. The first kappa shape index (κ1) is 17.6. The first-order valence-electron chi connectivity index (χ1n) is 9.97. The predicted molar refractivity (Wildman–Crippen MR) is 112 cm³/mol. The normalized spacial score (nSPS) is 16.7. The molecule has 1 aliphatic heterocycles. The fraction of sp³-hybridized carbons (Fsp3) is 0.364.